The average molecular weight is 330 g/mol. The second kappa shape index (κ2) is 6.85. The molecule has 0 aliphatic carbocycles. The zero-order valence-electron chi connectivity index (χ0n) is 13.0. The van der Waals surface area contributed by atoms with Crippen molar-refractivity contribution in [1.82, 2.24) is 10.3 Å². The average Bonchev–Trinajstić information content (AvgIpc) is 3.07. The van der Waals surface area contributed by atoms with Crippen LogP contribution in [0.3, 0.4) is 0 Å². The summed E-state index contributed by atoms with van der Waals surface area (Å²) in [5.74, 6) is 1.24. The summed E-state index contributed by atoms with van der Waals surface area (Å²) in [7, 11) is 3.17. The summed E-state index contributed by atoms with van der Waals surface area (Å²) in [5, 5.41) is 6.25. The Bertz CT molecular complexity index is 856. The van der Waals surface area contributed by atoms with Gasteiger partial charge in [-0.25, -0.2) is 0 Å². The van der Waals surface area contributed by atoms with Gasteiger partial charge in [-0.1, -0.05) is 6.07 Å². The number of methoxy groups -OCH3 is 2. The molecular formula is C17H18N2O3S. The van der Waals surface area contributed by atoms with E-state index in [2.05, 4.69) is 16.4 Å². The molecule has 0 amide bonds. The highest BCUT2D eigenvalue weighted by Crippen LogP contribution is 2.30. The Labute approximate surface area is 137 Å². The van der Waals surface area contributed by atoms with E-state index >= 15 is 0 Å². The molecule has 2 aromatic heterocycles. The highest BCUT2D eigenvalue weighted by molar-refractivity contribution is 7.09. The third-order valence-corrected chi connectivity index (χ3v) is 4.50. The number of hydrogen-bond acceptors (Lipinski definition) is 5. The van der Waals surface area contributed by atoms with Gasteiger partial charge in [0.15, 0.2) is 11.5 Å². The van der Waals surface area contributed by atoms with Gasteiger partial charge >= 0.3 is 0 Å². The van der Waals surface area contributed by atoms with Crippen LogP contribution in [0.5, 0.6) is 11.5 Å². The van der Waals surface area contributed by atoms with E-state index in [1.54, 1.807) is 31.6 Å². The quantitative estimate of drug-likeness (QED) is 0.729. The van der Waals surface area contributed by atoms with Gasteiger partial charge in [0, 0.05) is 35.0 Å². The van der Waals surface area contributed by atoms with E-state index in [1.165, 1.54) is 4.88 Å². The third-order valence-electron chi connectivity index (χ3n) is 3.62. The molecule has 0 fully saturated rings. The predicted molar refractivity (Wildman–Crippen MR) is 92.5 cm³/mol. The molecule has 120 valence electrons. The summed E-state index contributed by atoms with van der Waals surface area (Å²) in [6.07, 6.45) is 0. The van der Waals surface area contributed by atoms with Gasteiger partial charge in [-0.15, -0.1) is 11.3 Å². The Morgan fingerprint density at radius 1 is 1.13 bits per heavy atom. The van der Waals surface area contributed by atoms with Gasteiger partial charge in [-0.2, -0.15) is 0 Å². The lowest BCUT2D eigenvalue weighted by Gasteiger charge is -2.10. The molecule has 3 aromatic rings. The maximum Gasteiger partial charge on any atom is 0.252 e. The zero-order chi connectivity index (χ0) is 16.2. The number of rotatable bonds is 6. The molecule has 0 bridgehead atoms. The van der Waals surface area contributed by atoms with Crippen molar-refractivity contribution >= 4 is 22.2 Å². The summed E-state index contributed by atoms with van der Waals surface area (Å²) in [6.45, 7) is 1.26. The standard InChI is InChI=1S/C17H18N2O3S/c1-21-15-7-11-6-12(9-18-10-13-4-3-5-23-13)17(20)19-14(11)8-16(15)22-2/h3-8,18H,9-10H2,1-2H3,(H,19,20). The Kier molecular flexibility index (Phi) is 4.64. The van der Waals surface area contributed by atoms with Crippen LogP contribution in [0.15, 0.2) is 40.5 Å². The van der Waals surface area contributed by atoms with Gasteiger partial charge in [0.2, 0.25) is 0 Å². The van der Waals surface area contributed by atoms with Gasteiger partial charge in [0.1, 0.15) is 0 Å². The first-order valence-electron chi connectivity index (χ1n) is 7.22. The first-order chi connectivity index (χ1) is 11.2. The molecular weight excluding hydrogens is 312 g/mol. The van der Waals surface area contributed by atoms with Gasteiger partial charge in [0.25, 0.3) is 5.56 Å². The number of pyridine rings is 1. The summed E-state index contributed by atoms with van der Waals surface area (Å²) >= 11 is 1.69. The number of aromatic amines is 1. The molecule has 0 unspecified atom stereocenters. The molecule has 0 spiro atoms. The normalized spacial score (nSPS) is 10.9. The highest BCUT2D eigenvalue weighted by Gasteiger charge is 2.09. The maximum atomic E-state index is 12.2. The molecule has 2 N–H and O–H groups in total. The zero-order valence-corrected chi connectivity index (χ0v) is 13.8. The number of thiophene rings is 1. The topological polar surface area (TPSA) is 63.3 Å². The van der Waals surface area contributed by atoms with Crippen molar-refractivity contribution in [1.29, 1.82) is 0 Å². The monoisotopic (exact) mass is 330 g/mol. The van der Waals surface area contributed by atoms with Crippen molar-refractivity contribution in [3.63, 3.8) is 0 Å². The van der Waals surface area contributed by atoms with Crippen molar-refractivity contribution in [2.45, 2.75) is 13.1 Å². The van der Waals surface area contributed by atoms with Crippen molar-refractivity contribution in [3.8, 4) is 11.5 Å². The largest absolute Gasteiger partial charge is 0.493 e. The minimum Gasteiger partial charge on any atom is -0.493 e. The molecule has 6 heteroatoms. The maximum absolute atomic E-state index is 12.2. The predicted octanol–water partition coefficient (Wildman–Crippen LogP) is 2.90. The van der Waals surface area contributed by atoms with Gasteiger partial charge in [0.05, 0.1) is 19.7 Å². The van der Waals surface area contributed by atoms with Crippen LogP contribution in [0, 0.1) is 0 Å². The van der Waals surface area contributed by atoms with E-state index < -0.39 is 0 Å². The first-order valence-corrected chi connectivity index (χ1v) is 8.10. The summed E-state index contributed by atoms with van der Waals surface area (Å²) in [5.41, 5.74) is 1.33. The van der Waals surface area contributed by atoms with Crippen LogP contribution in [0.4, 0.5) is 0 Å². The van der Waals surface area contributed by atoms with E-state index in [0.717, 1.165) is 17.4 Å². The van der Waals surface area contributed by atoms with E-state index in [-0.39, 0.29) is 5.56 Å². The number of ether oxygens (including phenoxy) is 2. The second-order valence-corrected chi connectivity index (χ2v) is 6.13. The third kappa shape index (κ3) is 3.38. The fourth-order valence-electron chi connectivity index (χ4n) is 2.44. The number of benzene rings is 1. The van der Waals surface area contributed by atoms with Gasteiger partial charge in [-0.05, 0) is 23.6 Å². The molecule has 1 aromatic carbocycles. The van der Waals surface area contributed by atoms with Gasteiger partial charge < -0.3 is 19.8 Å². The van der Waals surface area contributed by atoms with Crippen LogP contribution in [-0.4, -0.2) is 19.2 Å². The van der Waals surface area contributed by atoms with E-state index in [4.69, 9.17) is 9.47 Å². The van der Waals surface area contributed by atoms with Crippen LogP contribution < -0.4 is 20.3 Å². The Balaban J connectivity index is 1.86. The number of H-pyrrole nitrogens is 1. The minimum absolute atomic E-state index is 0.0941. The fraction of sp³-hybridized carbons (Fsp3) is 0.235. The Hall–Kier alpha value is -2.31. The van der Waals surface area contributed by atoms with Crippen LogP contribution in [0.1, 0.15) is 10.4 Å². The molecule has 2 heterocycles. The van der Waals surface area contributed by atoms with Crippen molar-refractivity contribution in [2.24, 2.45) is 0 Å². The second-order valence-electron chi connectivity index (χ2n) is 5.10. The van der Waals surface area contributed by atoms with Crippen LogP contribution in [0.2, 0.25) is 0 Å². The minimum atomic E-state index is -0.0941. The molecule has 5 nitrogen and oxygen atoms in total. The lowest BCUT2D eigenvalue weighted by molar-refractivity contribution is 0.356. The van der Waals surface area contributed by atoms with Crippen molar-refractivity contribution in [3.05, 3.63) is 56.5 Å². The SMILES string of the molecule is COc1cc2cc(CNCc3cccs3)c(=O)[nH]c2cc1OC. The molecule has 0 aliphatic rings. The number of hydrogen-bond donors (Lipinski definition) is 2. The molecule has 0 saturated heterocycles. The first kappa shape index (κ1) is 15.6. The summed E-state index contributed by atoms with van der Waals surface area (Å²) in [6, 6.07) is 9.62. The molecule has 23 heavy (non-hydrogen) atoms. The lowest BCUT2D eigenvalue weighted by Crippen LogP contribution is -2.20. The van der Waals surface area contributed by atoms with Gasteiger partial charge in [-0.3, -0.25) is 4.79 Å². The van der Waals surface area contributed by atoms with E-state index in [9.17, 15) is 4.79 Å². The lowest BCUT2D eigenvalue weighted by atomic mass is 10.1. The molecule has 0 radical (unpaired) electrons. The van der Waals surface area contributed by atoms with E-state index in [1.807, 2.05) is 23.6 Å². The van der Waals surface area contributed by atoms with Crippen LogP contribution in [0.25, 0.3) is 10.9 Å². The number of fused-ring (bicyclic) bond motifs is 1. The molecule has 0 aliphatic heterocycles. The Morgan fingerprint density at radius 3 is 2.61 bits per heavy atom. The fourth-order valence-corrected chi connectivity index (χ4v) is 3.12. The Morgan fingerprint density at radius 2 is 1.91 bits per heavy atom. The smallest absolute Gasteiger partial charge is 0.252 e. The molecule has 0 atom stereocenters. The molecule has 3 rings (SSSR count). The number of aromatic nitrogens is 1. The van der Waals surface area contributed by atoms with Crippen LogP contribution >= 0.6 is 11.3 Å². The van der Waals surface area contributed by atoms with Crippen LogP contribution in [-0.2, 0) is 13.1 Å². The van der Waals surface area contributed by atoms with Crippen molar-refractivity contribution in [2.75, 3.05) is 14.2 Å². The van der Waals surface area contributed by atoms with E-state index in [0.29, 0.717) is 23.6 Å². The highest BCUT2D eigenvalue weighted by atomic mass is 32.1. The summed E-state index contributed by atoms with van der Waals surface area (Å²) in [4.78, 5) is 16.4. The molecule has 0 saturated carbocycles. The van der Waals surface area contributed by atoms with Crippen molar-refractivity contribution < 1.29 is 9.47 Å². The summed E-state index contributed by atoms with van der Waals surface area (Å²) < 4.78 is 10.6. The number of nitrogens with one attached hydrogen (secondary N) is 2.